The number of hydrogen-bond acceptors (Lipinski definition) is 3. The second kappa shape index (κ2) is 5.32. The van der Waals surface area contributed by atoms with E-state index in [4.69, 9.17) is 5.73 Å². The van der Waals surface area contributed by atoms with Gasteiger partial charge in [0.25, 0.3) is 11.8 Å². The van der Waals surface area contributed by atoms with Crippen molar-refractivity contribution in [2.45, 2.75) is 19.5 Å². The number of carbonyl (C=O) groups is 2. The van der Waals surface area contributed by atoms with E-state index in [0.717, 1.165) is 22.2 Å². The van der Waals surface area contributed by atoms with Crippen LogP contribution in [0.1, 0.15) is 44.9 Å². The molecule has 1 atom stereocenters. The average molecular weight is 319 g/mol. The first-order valence-electron chi connectivity index (χ1n) is 7.90. The van der Waals surface area contributed by atoms with E-state index in [9.17, 15) is 9.59 Å². The highest BCUT2D eigenvalue weighted by molar-refractivity contribution is 6.21. The second-order valence-corrected chi connectivity index (χ2v) is 5.97. The van der Waals surface area contributed by atoms with E-state index in [1.54, 1.807) is 24.3 Å². The Labute approximate surface area is 139 Å². The van der Waals surface area contributed by atoms with E-state index in [2.05, 4.69) is 4.98 Å². The molecule has 3 N–H and O–H groups in total. The fourth-order valence-electron chi connectivity index (χ4n) is 3.55. The van der Waals surface area contributed by atoms with E-state index < -0.39 is 6.04 Å². The van der Waals surface area contributed by atoms with Crippen molar-refractivity contribution in [2.24, 2.45) is 5.73 Å². The van der Waals surface area contributed by atoms with Gasteiger partial charge in [0.05, 0.1) is 17.2 Å². The number of H-pyrrole nitrogens is 1. The molecule has 1 aromatic heterocycles. The average Bonchev–Trinajstić information content (AvgIpc) is 3.11. The van der Waals surface area contributed by atoms with Crippen molar-refractivity contribution in [3.8, 4) is 0 Å². The largest absolute Gasteiger partial charge is 0.357 e. The molecule has 0 fully saturated rings. The Bertz CT molecular complexity index is 939. The minimum atomic E-state index is -0.396. The van der Waals surface area contributed by atoms with Crippen molar-refractivity contribution < 1.29 is 9.59 Å². The second-order valence-electron chi connectivity index (χ2n) is 5.97. The first-order valence-corrected chi connectivity index (χ1v) is 7.90. The minimum absolute atomic E-state index is 0.253. The van der Waals surface area contributed by atoms with Gasteiger partial charge in [0.2, 0.25) is 0 Å². The maximum Gasteiger partial charge on any atom is 0.262 e. The topological polar surface area (TPSA) is 79.2 Å². The lowest BCUT2D eigenvalue weighted by atomic mass is 10.0. The van der Waals surface area contributed by atoms with Crippen molar-refractivity contribution in [1.29, 1.82) is 0 Å². The van der Waals surface area contributed by atoms with Crippen LogP contribution in [0.4, 0.5) is 0 Å². The van der Waals surface area contributed by atoms with Gasteiger partial charge in [0.1, 0.15) is 0 Å². The van der Waals surface area contributed by atoms with Crippen LogP contribution in [0, 0.1) is 0 Å². The minimum Gasteiger partial charge on any atom is -0.357 e. The van der Waals surface area contributed by atoms with Crippen LogP contribution >= 0.6 is 0 Å². The van der Waals surface area contributed by atoms with Gasteiger partial charge in [-0.15, -0.1) is 0 Å². The summed E-state index contributed by atoms with van der Waals surface area (Å²) in [6.45, 7) is 2.19. The maximum atomic E-state index is 12.7. The Hall–Kier alpha value is -2.92. The van der Waals surface area contributed by atoms with Gasteiger partial charge in [0.15, 0.2) is 0 Å². The van der Waals surface area contributed by atoms with Crippen LogP contribution < -0.4 is 5.73 Å². The zero-order chi connectivity index (χ0) is 16.8. The molecule has 1 aliphatic rings. The highest BCUT2D eigenvalue weighted by atomic mass is 16.2. The van der Waals surface area contributed by atoms with Crippen LogP contribution in [0.25, 0.3) is 10.9 Å². The molecule has 0 spiro atoms. The van der Waals surface area contributed by atoms with Crippen LogP contribution in [0.3, 0.4) is 0 Å². The molecular weight excluding hydrogens is 302 g/mol. The molecule has 0 bridgehead atoms. The van der Waals surface area contributed by atoms with Crippen LogP contribution in [0.2, 0.25) is 0 Å². The Kier molecular flexibility index (Phi) is 3.25. The third-order valence-corrected chi connectivity index (χ3v) is 4.66. The Morgan fingerprint density at radius 3 is 2.21 bits per heavy atom. The predicted octanol–water partition coefficient (Wildman–Crippen LogP) is 2.98. The number of fused-ring (bicyclic) bond motifs is 2. The number of nitrogens with one attached hydrogen (secondary N) is 1. The molecular formula is C19H17N3O2. The molecule has 0 radical (unpaired) electrons. The highest BCUT2D eigenvalue weighted by Gasteiger charge is 2.39. The van der Waals surface area contributed by atoms with Crippen LogP contribution in [0.15, 0.2) is 48.5 Å². The Morgan fingerprint density at radius 1 is 1.00 bits per heavy atom. The normalized spacial score (nSPS) is 15.2. The summed E-state index contributed by atoms with van der Waals surface area (Å²) >= 11 is 0. The van der Waals surface area contributed by atoms with Crippen LogP contribution in [-0.2, 0) is 6.54 Å². The lowest BCUT2D eigenvalue weighted by Crippen LogP contribution is -2.33. The van der Waals surface area contributed by atoms with Gasteiger partial charge in [0, 0.05) is 28.7 Å². The molecule has 24 heavy (non-hydrogen) atoms. The van der Waals surface area contributed by atoms with E-state index in [1.165, 1.54) is 4.90 Å². The molecule has 120 valence electrons. The summed E-state index contributed by atoms with van der Waals surface area (Å²) in [6, 6.07) is 14.4. The molecule has 3 aromatic rings. The number of hydrogen-bond donors (Lipinski definition) is 2. The maximum absolute atomic E-state index is 12.7. The number of aromatic amines is 1. The van der Waals surface area contributed by atoms with Gasteiger partial charge < -0.3 is 10.7 Å². The van der Waals surface area contributed by atoms with Gasteiger partial charge in [-0.1, -0.05) is 30.3 Å². The van der Waals surface area contributed by atoms with Crippen molar-refractivity contribution in [3.05, 3.63) is 70.9 Å². The monoisotopic (exact) mass is 319 g/mol. The Balaban J connectivity index is 1.85. The molecule has 0 saturated carbocycles. The molecule has 5 nitrogen and oxygen atoms in total. The third-order valence-electron chi connectivity index (χ3n) is 4.66. The Morgan fingerprint density at radius 2 is 1.58 bits per heavy atom. The summed E-state index contributed by atoms with van der Waals surface area (Å²) in [6.07, 6.45) is 0. The molecule has 1 unspecified atom stereocenters. The fourth-order valence-corrected chi connectivity index (χ4v) is 3.55. The van der Waals surface area contributed by atoms with Crippen molar-refractivity contribution in [1.82, 2.24) is 9.88 Å². The molecule has 0 saturated heterocycles. The fraction of sp³-hybridized carbons (Fsp3) is 0.158. The van der Waals surface area contributed by atoms with E-state index in [1.807, 2.05) is 31.2 Å². The number of imide groups is 1. The van der Waals surface area contributed by atoms with Gasteiger partial charge in [-0.05, 0) is 25.1 Å². The van der Waals surface area contributed by atoms with Gasteiger partial charge in [-0.3, -0.25) is 14.5 Å². The van der Waals surface area contributed by atoms with Gasteiger partial charge >= 0.3 is 0 Å². The standard InChI is InChI=1S/C19H17N3O2/c1-11(17-14-8-4-5-9-15(14)21-16(17)10-20)22-18(23)12-6-2-3-7-13(12)19(22)24/h2-9,11,21H,10,20H2,1H3. The molecule has 5 heteroatoms. The summed E-state index contributed by atoms with van der Waals surface area (Å²) in [5.41, 5.74) is 9.52. The summed E-state index contributed by atoms with van der Waals surface area (Å²) < 4.78 is 0. The number of carbonyl (C=O) groups excluding carboxylic acids is 2. The smallest absolute Gasteiger partial charge is 0.262 e. The first-order chi connectivity index (χ1) is 11.6. The summed E-state index contributed by atoms with van der Waals surface area (Å²) in [5.74, 6) is -0.507. The summed E-state index contributed by atoms with van der Waals surface area (Å²) in [4.78, 5) is 30.1. The molecule has 2 aromatic carbocycles. The van der Waals surface area contributed by atoms with E-state index in [-0.39, 0.29) is 11.8 Å². The molecule has 2 heterocycles. The zero-order valence-corrected chi connectivity index (χ0v) is 13.2. The van der Waals surface area contributed by atoms with E-state index >= 15 is 0 Å². The van der Waals surface area contributed by atoms with Crippen LogP contribution in [-0.4, -0.2) is 21.7 Å². The van der Waals surface area contributed by atoms with Gasteiger partial charge in [-0.2, -0.15) is 0 Å². The van der Waals surface area contributed by atoms with Gasteiger partial charge in [-0.25, -0.2) is 0 Å². The number of rotatable bonds is 3. The number of nitrogens with two attached hydrogens (primary N) is 1. The quantitative estimate of drug-likeness (QED) is 0.728. The lowest BCUT2D eigenvalue weighted by Gasteiger charge is -2.23. The molecule has 1 aliphatic heterocycles. The third kappa shape index (κ3) is 1.91. The molecule has 4 rings (SSSR count). The number of benzene rings is 2. The van der Waals surface area contributed by atoms with Crippen molar-refractivity contribution in [2.75, 3.05) is 0 Å². The van der Waals surface area contributed by atoms with E-state index in [0.29, 0.717) is 17.7 Å². The predicted molar refractivity (Wildman–Crippen MR) is 91.5 cm³/mol. The SMILES string of the molecule is CC(c1c(CN)[nH]c2ccccc12)N1C(=O)c2ccccc2C1=O. The number of para-hydroxylation sites is 1. The number of aromatic nitrogens is 1. The van der Waals surface area contributed by atoms with Crippen LogP contribution in [0.5, 0.6) is 0 Å². The number of amides is 2. The summed E-state index contributed by atoms with van der Waals surface area (Å²) in [7, 11) is 0. The van der Waals surface area contributed by atoms with Crippen molar-refractivity contribution in [3.63, 3.8) is 0 Å². The molecule has 0 aliphatic carbocycles. The number of nitrogens with zero attached hydrogens (tertiary/aromatic N) is 1. The first kappa shape index (κ1) is 14.7. The lowest BCUT2D eigenvalue weighted by molar-refractivity contribution is 0.0596. The van der Waals surface area contributed by atoms with Crippen molar-refractivity contribution >= 4 is 22.7 Å². The highest BCUT2D eigenvalue weighted by Crippen LogP contribution is 2.36. The zero-order valence-electron chi connectivity index (χ0n) is 13.2. The molecule has 2 amide bonds. The summed E-state index contributed by atoms with van der Waals surface area (Å²) in [5, 5.41) is 0.988.